The van der Waals surface area contributed by atoms with Gasteiger partial charge >= 0.3 is 0 Å². The molecule has 0 aliphatic heterocycles. The van der Waals surface area contributed by atoms with Crippen molar-refractivity contribution in [1.82, 2.24) is 9.97 Å². The molecule has 2 aromatic heterocycles. The summed E-state index contributed by atoms with van der Waals surface area (Å²) < 4.78 is 3.37. The first kappa shape index (κ1) is 19.3. The van der Waals surface area contributed by atoms with Crippen molar-refractivity contribution >= 4 is 34.5 Å². The molecule has 146 valence electrons. The van der Waals surface area contributed by atoms with Crippen LogP contribution >= 0.6 is 11.9 Å². The molecule has 2 aromatic carbocycles. The molecule has 0 aliphatic rings. The number of benzene rings is 2. The number of H-pyrrole nitrogens is 1. The molecule has 0 amide bonds. The van der Waals surface area contributed by atoms with Gasteiger partial charge in [-0.1, -0.05) is 61.3 Å². The van der Waals surface area contributed by atoms with E-state index < -0.39 is 0 Å². The molecule has 0 atom stereocenters. The van der Waals surface area contributed by atoms with Gasteiger partial charge in [0, 0.05) is 45.9 Å². The fourth-order valence-electron chi connectivity index (χ4n) is 3.35. The van der Waals surface area contributed by atoms with E-state index in [1.54, 1.807) is 18.1 Å². The fourth-order valence-corrected chi connectivity index (χ4v) is 4.03. The third kappa shape index (κ3) is 3.91. The summed E-state index contributed by atoms with van der Waals surface area (Å²) >= 11 is 1.66. The van der Waals surface area contributed by atoms with Crippen molar-refractivity contribution in [3.63, 3.8) is 0 Å². The number of anilines is 1. The minimum Gasteiger partial charge on any atom is -0.345 e. The first-order chi connectivity index (χ1) is 14.2. The Balaban J connectivity index is 1.71. The summed E-state index contributed by atoms with van der Waals surface area (Å²) in [7, 11) is 0. The zero-order valence-electron chi connectivity index (χ0n) is 16.5. The van der Waals surface area contributed by atoms with Crippen molar-refractivity contribution < 1.29 is 4.79 Å². The molecule has 0 saturated carbocycles. The molecule has 0 spiro atoms. The van der Waals surface area contributed by atoms with Crippen LogP contribution in [-0.2, 0) is 0 Å². The van der Waals surface area contributed by atoms with E-state index in [1.807, 2.05) is 67.7 Å². The number of nitrogens with one attached hydrogen (secondary N) is 2. The van der Waals surface area contributed by atoms with Gasteiger partial charge in [-0.3, -0.25) is 4.79 Å². The number of rotatable bonds is 7. The summed E-state index contributed by atoms with van der Waals surface area (Å²) in [4.78, 5) is 21.1. The van der Waals surface area contributed by atoms with Gasteiger partial charge in [-0.25, -0.2) is 4.98 Å². The van der Waals surface area contributed by atoms with Gasteiger partial charge in [-0.2, -0.15) is 0 Å². The van der Waals surface area contributed by atoms with Crippen LogP contribution < -0.4 is 4.72 Å². The predicted molar refractivity (Wildman–Crippen MR) is 123 cm³/mol. The zero-order chi connectivity index (χ0) is 20.2. The SMILES string of the molecule is CCCSNc1cccc(C(=O)c2c[nH]c3ncc(-c4ccccc4)cc23)c1C. The van der Waals surface area contributed by atoms with E-state index in [9.17, 15) is 4.79 Å². The lowest BCUT2D eigenvalue weighted by molar-refractivity contribution is 0.104. The average Bonchev–Trinajstić information content (AvgIpc) is 3.18. The molecule has 29 heavy (non-hydrogen) atoms. The minimum atomic E-state index is 0.00454. The minimum absolute atomic E-state index is 0.00454. The molecular formula is C24H23N3OS. The number of fused-ring (bicyclic) bond motifs is 1. The van der Waals surface area contributed by atoms with E-state index in [-0.39, 0.29) is 5.78 Å². The maximum Gasteiger partial charge on any atom is 0.195 e. The van der Waals surface area contributed by atoms with Crippen LogP contribution in [0.15, 0.2) is 67.0 Å². The molecule has 0 aliphatic carbocycles. The number of ketones is 1. The average molecular weight is 402 g/mol. The van der Waals surface area contributed by atoms with Crippen LogP contribution in [0.1, 0.15) is 34.8 Å². The summed E-state index contributed by atoms with van der Waals surface area (Å²) in [5, 5.41) is 0.842. The van der Waals surface area contributed by atoms with E-state index in [4.69, 9.17) is 0 Å². The molecule has 0 saturated heterocycles. The Morgan fingerprint density at radius 1 is 1.07 bits per heavy atom. The van der Waals surface area contributed by atoms with Crippen LogP contribution in [-0.4, -0.2) is 21.5 Å². The highest BCUT2D eigenvalue weighted by atomic mass is 32.2. The number of pyridine rings is 1. The van der Waals surface area contributed by atoms with E-state index in [0.717, 1.165) is 45.6 Å². The highest BCUT2D eigenvalue weighted by molar-refractivity contribution is 8.00. The van der Waals surface area contributed by atoms with Gasteiger partial charge in [0.2, 0.25) is 0 Å². The Morgan fingerprint density at radius 3 is 2.69 bits per heavy atom. The van der Waals surface area contributed by atoms with Crippen molar-refractivity contribution in [3.8, 4) is 11.1 Å². The van der Waals surface area contributed by atoms with Crippen molar-refractivity contribution in [3.05, 3.63) is 83.7 Å². The zero-order valence-corrected chi connectivity index (χ0v) is 17.3. The molecule has 0 bridgehead atoms. The van der Waals surface area contributed by atoms with Crippen LogP contribution in [0.3, 0.4) is 0 Å². The Hall–Kier alpha value is -3.05. The number of nitrogens with zero attached hydrogens (tertiary/aromatic N) is 1. The van der Waals surface area contributed by atoms with Crippen molar-refractivity contribution in [2.75, 3.05) is 10.5 Å². The van der Waals surface area contributed by atoms with Crippen LogP contribution in [0.5, 0.6) is 0 Å². The molecule has 0 fully saturated rings. The summed E-state index contributed by atoms with van der Waals surface area (Å²) in [5.41, 5.74) is 6.09. The Kier molecular flexibility index (Phi) is 5.67. The predicted octanol–water partition coefficient (Wildman–Crippen LogP) is 6.24. The van der Waals surface area contributed by atoms with Gasteiger partial charge in [-0.15, -0.1) is 0 Å². The maximum atomic E-state index is 13.4. The molecule has 5 heteroatoms. The van der Waals surface area contributed by atoms with Crippen molar-refractivity contribution in [1.29, 1.82) is 0 Å². The molecule has 0 radical (unpaired) electrons. The Bertz CT molecular complexity index is 1150. The van der Waals surface area contributed by atoms with Gasteiger partial charge in [0.1, 0.15) is 5.65 Å². The van der Waals surface area contributed by atoms with Crippen LogP contribution in [0.2, 0.25) is 0 Å². The second-order valence-corrected chi connectivity index (χ2v) is 7.85. The molecular weight excluding hydrogens is 378 g/mol. The third-order valence-electron chi connectivity index (χ3n) is 4.95. The van der Waals surface area contributed by atoms with E-state index in [1.165, 1.54) is 0 Å². The molecule has 2 N–H and O–H groups in total. The van der Waals surface area contributed by atoms with Gasteiger partial charge in [0.25, 0.3) is 0 Å². The largest absolute Gasteiger partial charge is 0.345 e. The monoisotopic (exact) mass is 401 g/mol. The lowest BCUT2D eigenvalue weighted by Gasteiger charge is -2.12. The Morgan fingerprint density at radius 2 is 1.90 bits per heavy atom. The van der Waals surface area contributed by atoms with Crippen molar-refractivity contribution in [2.45, 2.75) is 20.3 Å². The second-order valence-electron chi connectivity index (χ2n) is 6.95. The summed E-state index contributed by atoms with van der Waals surface area (Å²) in [6, 6.07) is 18.0. The van der Waals surface area contributed by atoms with Gasteiger partial charge in [0.15, 0.2) is 5.78 Å². The van der Waals surface area contributed by atoms with Gasteiger partial charge in [-0.05, 0) is 36.6 Å². The number of carbonyl (C=O) groups is 1. The normalized spacial score (nSPS) is 11.0. The molecule has 4 aromatic rings. The molecule has 0 unspecified atom stereocenters. The van der Waals surface area contributed by atoms with E-state index in [2.05, 4.69) is 21.6 Å². The smallest absolute Gasteiger partial charge is 0.195 e. The molecule has 2 heterocycles. The van der Waals surface area contributed by atoms with Crippen LogP contribution in [0, 0.1) is 6.92 Å². The summed E-state index contributed by atoms with van der Waals surface area (Å²) in [6.45, 7) is 4.14. The lowest BCUT2D eigenvalue weighted by atomic mass is 9.97. The third-order valence-corrected chi connectivity index (χ3v) is 5.93. The number of hydrogen-bond donors (Lipinski definition) is 2. The Labute approximate surface area is 174 Å². The first-order valence-electron chi connectivity index (χ1n) is 9.73. The number of aromatic nitrogens is 2. The van der Waals surface area contributed by atoms with Crippen LogP contribution in [0.4, 0.5) is 5.69 Å². The standard InChI is InChI=1S/C24H23N3OS/c1-3-12-29-27-22-11-7-10-19(16(22)2)23(28)21-15-26-24-20(21)13-18(14-25-24)17-8-5-4-6-9-17/h4-11,13-15,27H,3,12H2,1-2H3,(H,25,26). The lowest BCUT2D eigenvalue weighted by Crippen LogP contribution is -2.05. The van der Waals surface area contributed by atoms with Crippen LogP contribution in [0.25, 0.3) is 22.2 Å². The highest BCUT2D eigenvalue weighted by Crippen LogP contribution is 2.29. The van der Waals surface area contributed by atoms with Gasteiger partial charge in [0.05, 0.1) is 0 Å². The van der Waals surface area contributed by atoms with Crippen molar-refractivity contribution in [2.24, 2.45) is 0 Å². The first-order valence-corrected chi connectivity index (χ1v) is 10.7. The molecule has 4 rings (SSSR count). The van der Waals surface area contributed by atoms with Gasteiger partial charge < -0.3 is 9.71 Å². The highest BCUT2D eigenvalue weighted by Gasteiger charge is 2.18. The maximum absolute atomic E-state index is 13.4. The summed E-state index contributed by atoms with van der Waals surface area (Å²) in [6.07, 6.45) is 4.70. The van der Waals surface area contributed by atoms with E-state index >= 15 is 0 Å². The quantitative estimate of drug-likeness (QED) is 0.219. The number of aromatic amines is 1. The number of carbonyl (C=O) groups excluding carboxylic acids is 1. The molecule has 4 nitrogen and oxygen atoms in total. The summed E-state index contributed by atoms with van der Waals surface area (Å²) in [5.74, 6) is 1.03. The topological polar surface area (TPSA) is 57.8 Å². The number of hydrogen-bond acceptors (Lipinski definition) is 4. The fraction of sp³-hybridized carbons (Fsp3) is 0.167. The van der Waals surface area contributed by atoms with E-state index in [0.29, 0.717) is 11.1 Å². The second kappa shape index (κ2) is 8.53.